The predicted octanol–water partition coefficient (Wildman–Crippen LogP) is 3.80. The average Bonchev–Trinajstić information content (AvgIpc) is 3.94. The Morgan fingerprint density at radius 3 is 1.03 bits per heavy atom. The molecule has 4 heterocycles. The van der Waals surface area contributed by atoms with Gasteiger partial charge in [-0.2, -0.15) is 0 Å². The first-order valence-corrected chi connectivity index (χ1v) is 20.8. The fraction of sp³-hybridized carbons (Fsp3) is 0.442. The Bertz CT molecular complexity index is 2240. The smallest absolute Gasteiger partial charge is 0.407 e. The molecule has 0 aromatic carbocycles. The molecule has 0 fully saturated rings. The van der Waals surface area contributed by atoms with E-state index in [0.717, 1.165) is 0 Å². The Morgan fingerprint density at radius 2 is 0.723 bits per heavy atom. The largest absolute Gasteiger partial charge is 0.444 e. The van der Waals surface area contributed by atoms with Crippen LogP contribution < -0.4 is 42.5 Å². The first kappa shape index (κ1) is 50.1. The molecule has 0 spiro atoms. The molecule has 0 bridgehead atoms. The number of aromatic nitrogens is 4. The molecule has 0 aliphatic rings. The van der Waals surface area contributed by atoms with Gasteiger partial charge in [0.25, 0.3) is 23.6 Å². The topological polar surface area (TPSA) is 271 Å². The summed E-state index contributed by atoms with van der Waals surface area (Å²) in [5.41, 5.74) is 1.24. The van der Waals surface area contributed by atoms with Gasteiger partial charge < -0.3 is 70.3 Å². The fourth-order valence-corrected chi connectivity index (χ4v) is 6.13. The van der Waals surface area contributed by atoms with Gasteiger partial charge in [-0.3, -0.25) is 28.8 Å². The zero-order valence-corrected chi connectivity index (χ0v) is 38.4. The molecule has 4 rings (SSSR count). The van der Waals surface area contributed by atoms with Gasteiger partial charge in [-0.05, 0) is 72.2 Å². The second-order valence-corrected chi connectivity index (χ2v) is 17.1. The Labute approximate surface area is 376 Å². The molecule has 22 heteroatoms. The number of alkyl carbamates (subject to hydrolysis) is 2. The summed E-state index contributed by atoms with van der Waals surface area (Å²) in [7, 11) is 6.60. The van der Waals surface area contributed by atoms with Crippen LogP contribution in [0, 0.1) is 0 Å². The molecule has 65 heavy (non-hydrogen) atoms. The third-order valence-electron chi connectivity index (χ3n) is 9.00. The molecule has 4 aromatic rings. The van der Waals surface area contributed by atoms with E-state index in [9.17, 15) is 38.4 Å². The molecule has 22 nitrogen and oxygen atoms in total. The third-order valence-corrected chi connectivity index (χ3v) is 9.00. The maximum atomic E-state index is 13.1. The number of carbonyl (C=O) groups is 8. The zero-order valence-electron chi connectivity index (χ0n) is 38.4. The van der Waals surface area contributed by atoms with Crippen molar-refractivity contribution in [3.63, 3.8) is 0 Å². The number of aryl methyl sites for hydroxylation is 4. The molecule has 0 unspecified atom stereocenters. The predicted molar refractivity (Wildman–Crippen MR) is 242 cm³/mol. The minimum atomic E-state index is -0.662. The molecule has 0 aliphatic heterocycles. The summed E-state index contributed by atoms with van der Waals surface area (Å²) in [5, 5.41) is 21.6. The molecule has 0 atom stereocenters. The number of carbonyl (C=O) groups excluding carboxylic acids is 8. The maximum absolute atomic E-state index is 13.1. The van der Waals surface area contributed by atoms with Crippen molar-refractivity contribution in [1.29, 1.82) is 0 Å². The molecule has 8 N–H and O–H groups in total. The highest BCUT2D eigenvalue weighted by atomic mass is 16.6. The van der Waals surface area contributed by atoms with E-state index in [-0.39, 0.29) is 73.6 Å². The average molecular weight is 905 g/mol. The van der Waals surface area contributed by atoms with Crippen LogP contribution in [0.2, 0.25) is 0 Å². The van der Waals surface area contributed by atoms with Gasteiger partial charge in [-0.25, -0.2) is 9.59 Å². The molecule has 0 saturated heterocycles. The molecule has 0 aliphatic carbocycles. The van der Waals surface area contributed by atoms with Crippen molar-refractivity contribution >= 4 is 70.4 Å². The van der Waals surface area contributed by atoms with Crippen LogP contribution in [0.4, 0.5) is 32.3 Å². The minimum Gasteiger partial charge on any atom is -0.444 e. The van der Waals surface area contributed by atoms with Crippen LogP contribution in [0.1, 0.15) is 103 Å². The van der Waals surface area contributed by atoms with Gasteiger partial charge >= 0.3 is 12.2 Å². The van der Waals surface area contributed by atoms with E-state index in [1.54, 1.807) is 113 Å². The summed E-state index contributed by atoms with van der Waals surface area (Å²) in [6.07, 6.45) is 5.44. The van der Waals surface area contributed by atoms with Crippen LogP contribution in [0.25, 0.3) is 0 Å². The standard InChI is InChI=1S/C43H60N12O10/c1-42(2,3)64-40(62)46-16-12-34(56)48-26-18-32(54(9)22-26)38(60)50-28-20-30(52(7)24-28)36(58)44-14-11-15-45-37(59)31-21-29(25-53(31)8)51-39(61)33-19-27(23-55(33)10)49-35(57)13-17-47-41(63)65-43(4,5)6/h18-25H,11-17H2,1-10H3,(H,44,58)(H,45,59)(H,46,62)(H,47,63)(H,48,56)(H,49,57)(H,50,60)(H,51,61). The Balaban J connectivity index is 1.18. The number of nitrogens with zero attached hydrogens (tertiary/aromatic N) is 4. The van der Waals surface area contributed by atoms with Gasteiger partial charge in [0.2, 0.25) is 11.8 Å². The molecule has 8 amide bonds. The molecule has 4 aromatic heterocycles. The number of anilines is 4. The van der Waals surface area contributed by atoms with Crippen molar-refractivity contribution in [2.24, 2.45) is 28.2 Å². The Morgan fingerprint density at radius 1 is 0.431 bits per heavy atom. The van der Waals surface area contributed by atoms with Gasteiger partial charge in [0.05, 0.1) is 22.7 Å². The summed E-state index contributed by atoms with van der Waals surface area (Å²) in [6.45, 7) is 11.0. The Kier molecular flexibility index (Phi) is 16.7. The molecular formula is C43H60N12O10. The second kappa shape index (κ2) is 21.7. The van der Waals surface area contributed by atoms with E-state index in [2.05, 4.69) is 42.5 Å². The number of rotatable bonds is 18. The lowest BCUT2D eigenvalue weighted by atomic mass is 10.2. The molecule has 352 valence electrons. The first-order valence-electron chi connectivity index (χ1n) is 20.8. The van der Waals surface area contributed by atoms with Crippen molar-refractivity contribution in [2.75, 3.05) is 47.4 Å². The highest BCUT2D eigenvalue weighted by molar-refractivity contribution is 6.06. The third kappa shape index (κ3) is 16.0. The summed E-state index contributed by atoms with van der Waals surface area (Å²) in [4.78, 5) is 101. The summed E-state index contributed by atoms with van der Waals surface area (Å²) in [5.74, 6) is -2.48. The van der Waals surface area contributed by atoms with E-state index in [1.165, 1.54) is 24.3 Å². The van der Waals surface area contributed by atoms with E-state index in [4.69, 9.17) is 9.47 Å². The van der Waals surface area contributed by atoms with Crippen molar-refractivity contribution in [1.82, 2.24) is 39.5 Å². The normalized spacial score (nSPS) is 11.2. The lowest BCUT2D eigenvalue weighted by molar-refractivity contribution is -0.116. The summed E-state index contributed by atoms with van der Waals surface area (Å²) in [6, 6.07) is 6.06. The number of hydrogen-bond donors (Lipinski definition) is 8. The van der Waals surface area contributed by atoms with Crippen LogP contribution >= 0.6 is 0 Å². The van der Waals surface area contributed by atoms with E-state index < -0.39 is 47.0 Å². The number of amides is 8. The Hall–Kier alpha value is -7.52. The number of hydrogen-bond acceptors (Lipinski definition) is 10. The first-order chi connectivity index (χ1) is 30.4. The van der Waals surface area contributed by atoms with Crippen LogP contribution in [0.3, 0.4) is 0 Å². The van der Waals surface area contributed by atoms with Crippen LogP contribution in [0.5, 0.6) is 0 Å². The van der Waals surface area contributed by atoms with Crippen LogP contribution in [0.15, 0.2) is 49.1 Å². The van der Waals surface area contributed by atoms with Crippen LogP contribution in [-0.2, 0) is 47.3 Å². The van der Waals surface area contributed by atoms with Crippen molar-refractivity contribution in [2.45, 2.75) is 72.0 Å². The lowest BCUT2D eigenvalue weighted by Crippen LogP contribution is -2.34. The highest BCUT2D eigenvalue weighted by Crippen LogP contribution is 2.20. The quantitative estimate of drug-likeness (QED) is 0.0669. The fourth-order valence-electron chi connectivity index (χ4n) is 6.13. The second-order valence-electron chi connectivity index (χ2n) is 17.1. The zero-order chi connectivity index (χ0) is 48.2. The summed E-state index contributed by atoms with van der Waals surface area (Å²) >= 11 is 0. The van der Waals surface area contributed by atoms with Crippen molar-refractivity contribution in [3.8, 4) is 0 Å². The highest BCUT2D eigenvalue weighted by Gasteiger charge is 2.21. The van der Waals surface area contributed by atoms with Gasteiger partial charge in [0.1, 0.15) is 34.0 Å². The number of nitrogens with one attached hydrogen (secondary N) is 8. The number of ether oxygens (including phenoxy) is 2. The lowest BCUT2D eigenvalue weighted by Gasteiger charge is -2.19. The van der Waals surface area contributed by atoms with Gasteiger partial charge in [-0.1, -0.05) is 0 Å². The van der Waals surface area contributed by atoms with E-state index in [0.29, 0.717) is 29.2 Å². The van der Waals surface area contributed by atoms with Crippen LogP contribution in [-0.4, -0.2) is 103 Å². The van der Waals surface area contributed by atoms with Gasteiger partial charge in [0, 0.05) is 92.0 Å². The monoisotopic (exact) mass is 904 g/mol. The molecule has 0 radical (unpaired) electrons. The van der Waals surface area contributed by atoms with Crippen molar-refractivity contribution in [3.05, 3.63) is 71.8 Å². The van der Waals surface area contributed by atoms with Crippen molar-refractivity contribution < 1.29 is 47.8 Å². The SMILES string of the molecule is Cn1cc(NC(=O)c2cc(NC(=O)CCNC(=O)OC(C)(C)C)cn2C)cc1C(=O)NCCCNC(=O)c1cc(NC(=O)c2cc(NC(=O)CCNC(=O)OC(C)(C)C)cn2C)cn1C. The van der Waals surface area contributed by atoms with Gasteiger partial charge in [0.15, 0.2) is 0 Å². The molecule has 0 saturated carbocycles. The minimum absolute atomic E-state index is 0.0114. The molecular weight excluding hydrogens is 845 g/mol. The maximum Gasteiger partial charge on any atom is 0.407 e. The van der Waals surface area contributed by atoms with E-state index in [1.807, 2.05) is 0 Å². The van der Waals surface area contributed by atoms with E-state index >= 15 is 0 Å². The van der Waals surface area contributed by atoms with Gasteiger partial charge in [-0.15, -0.1) is 0 Å². The summed E-state index contributed by atoms with van der Waals surface area (Å²) < 4.78 is 16.5.